The molecule has 0 atom stereocenters. The van der Waals surface area contributed by atoms with Crippen LogP contribution in [0.2, 0.25) is 5.02 Å². The number of urea groups is 1. The van der Waals surface area contributed by atoms with Crippen LogP contribution in [0, 0.1) is 0 Å². The summed E-state index contributed by atoms with van der Waals surface area (Å²) in [6.07, 6.45) is 0. The van der Waals surface area contributed by atoms with Crippen LogP contribution < -0.4 is 20.4 Å². The third kappa shape index (κ3) is 5.41. The van der Waals surface area contributed by atoms with E-state index in [1.807, 2.05) is 6.92 Å². The smallest absolute Gasteiger partial charge is 0.321 e. The molecule has 0 aliphatic carbocycles. The van der Waals surface area contributed by atoms with Gasteiger partial charge in [0.05, 0.1) is 0 Å². The van der Waals surface area contributed by atoms with Crippen LogP contribution in [0.15, 0.2) is 24.3 Å². The van der Waals surface area contributed by atoms with Crippen LogP contribution in [0.5, 0.6) is 0 Å². The van der Waals surface area contributed by atoms with E-state index in [1.165, 1.54) is 0 Å². The normalized spacial score (nSPS) is 13.9. The summed E-state index contributed by atoms with van der Waals surface area (Å²) in [6.45, 7) is 11.0. The third-order valence-corrected chi connectivity index (χ3v) is 5.19. The first-order valence-electron chi connectivity index (χ1n) is 10.3. The van der Waals surface area contributed by atoms with Gasteiger partial charge in [-0.2, -0.15) is 15.0 Å². The molecule has 30 heavy (non-hydrogen) atoms. The number of halogens is 1. The van der Waals surface area contributed by atoms with E-state index in [9.17, 15) is 4.79 Å². The standard InChI is InChI=1S/C20H29ClN8O/c1-4-22-17-24-18(27(5-2)6-3)26-19(25-17)28-11-13-29(14-12-28)20(30)23-16-9-7-15(21)8-10-16/h7-10H,4-6,11-14H2,1-3H3,(H,23,30)(H,22,24,25,26). The van der Waals surface area contributed by atoms with Crippen molar-refractivity contribution < 1.29 is 4.79 Å². The molecular weight excluding hydrogens is 404 g/mol. The molecule has 1 saturated heterocycles. The fraction of sp³-hybridized carbons (Fsp3) is 0.500. The van der Waals surface area contributed by atoms with Crippen molar-refractivity contribution in [1.29, 1.82) is 0 Å². The maximum absolute atomic E-state index is 12.6. The first-order valence-corrected chi connectivity index (χ1v) is 10.7. The summed E-state index contributed by atoms with van der Waals surface area (Å²) in [5.41, 5.74) is 0.725. The molecule has 2 amide bonds. The Morgan fingerprint density at radius 1 is 1.03 bits per heavy atom. The van der Waals surface area contributed by atoms with Gasteiger partial charge in [-0.1, -0.05) is 11.6 Å². The Morgan fingerprint density at radius 2 is 1.70 bits per heavy atom. The molecule has 0 radical (unpaired) electrons. The fourth-order valence-corrected chi connectivity index (χ4v) is 3.35. The number of piperazine rings is 1. The molecule has 1 fully saturated rings. The lowest BCUT2D eigenvalue weighted by atomic mass is 10.3. The number of anilines is 4. The molecule has 1 aromatic heterocycles. The average molecular weight is 433 g/mol. The van der Waals surface area contributed by atoms with Gasteiger partial charge in [-0.05, 0) is 45.0 Å². The Hall–Kier alpha value is -2.81. The maximum Gasteiger partial charge on any atom is 0.321 e. The first kappa shape index (κ1) is 21.9. The molecular formula is C20H29ClN8O. The third-order valence-electron chi connectivity index (χ3n) is 4.94. The quantitative estimate of drug-likeness (QED) is 0.694. The minimum absolute atomic E-state index is 0.121. The highest BCUT2D eigenvalue weighted by Gasteiger charge is 2.24. The minimum Gasteiger partial charge on any atom is -0.354 e. The molecule has 162 valence electrons. The number of nitrogens with one attached hydrogen (secondary N) is 2. The zero-order valence-corrected chi connectivity index (χ0v) is 18.5. The Bertz CT molecular complexity index is 835. The SMILES string of the molecule is CCNc1nc(N(CC)CC)nc(N2CCN(C(=O)Nc3ccc(Cl)cc3)CC2)n1. The summed E-state index contributed by atoms with van der Waals surface area (Å²) in [5, 5.41) is 6.74. The van der Waals surface area contributed by atoms with Gasteiger partial charge in [0.2, 0.25) is 17.8 Å². The summed E-state index contributed by atoms with van der Waals surface area (Å²) in [6, 6.07) is 6.97. The van der Waals surface area contributed by atoms with Gasteiger partial charge in [0.1, 0.15) is 0 Å². The maximum atomic E-state index is 12.6. The highest BCUT2D eigenvalue weighted by atomic mass is 35.5. The summed E-state index contributed by atoms with van der Waals surface area (Å²) in [4.78, 5) is 32.4. The van der Waals surface area contributed by atoms with Crippen molar-refractivity contribution in [2.75, 3.05) is 66.2 Å². The molecule has 9 nitrogen and oxygen atoms in total. The fourth-order valence-electron chi connectivity index (χ4n) is 3.23. The number of rotatable bonds is 7. The monoisotopic (exact) mass is 432 g/mol. The van der Waals surface area contributed by atoms with Crippen LogP contribution in [0.4, 0.5) is 28.3 Å². The van der Waals surface area contributed by atoms with Crippen LogP contribution in [0.25, 0.3) is 0 Å². The van der Waals surface area contributed by atoms with Crippen molar-refractivity contribution in [2.24, 2.45) is 0 Å². The van der Waals surface area contributed by atoms with Gasteiger partial charge in [-0.25, -0.2) is 4.79 Å². The summed E-state index contributed by atoms with van der Waals surface area (Å²) in [7, 11) is 0. The number of amides is 2. The van der Waals surface area contributed by atoms with Crippen LogP contribution in [0.3, 0.4) is 0 Å². The Balaban J connectivity index is 1.66. The van der Waals surface area contributed by atoms with Gasteiger partial charge in [0.25, 0.3) is 0 Å². The van der Waals surface area contributed by atoms with Crippen LogP contribution >= 0.6 is 11.6 Å². The Kier molecular flexibility index (Phi) is 7.51. The zero-order chi connectivity index (χ0) is 21.5. The van der Waals surface area contributed by atoms with Crippen molar-refractivity contribution in [2.45, 2.75) is 20.8 Å². The largest absolute Gasteiger partial charge is 0.354 e. The lowest BCUT2D eigenvalue weighted by Gasteiger charge is -2.35. The van der Waals surface area contributed by atoms with Crippen molar-refractivity contribution >= 4 is 41.2 Å². The zero-order valence-electron chi connectivity index (χ0n) is 17.7. The molecule has 1 aromatic carbocycles. The summed E-state index contributed by atoms with van der Waals surface area (Å²) < 4.78 is 0. The molecule has 0 saturated carbocycles. The number of nitrogens with zero attached hydrogens (tertiary/aromatic N) is 6. The van der Waals surface area contributed by atoms with Gasteiger partial charge < -0.3 is 25.3 Å². The van der Waals surface area contributed by atoms with Gasteiger partial charge in [0.15, 0.2) is 0 Å². The van der Waals surface area contributed by atoms with Crippen molar-refractivity contribution in [3.05, 3.63) is 29.3 Å². The molecule has 0 spiro atoms. The van der Waals surface area contributed by atoms with E-state index < -0.39 is 0 Å². The van der Waals surface area contributed by atoms with Gasteiger partial charge in [0, 0.05) is 56.5 Å². The second-order valence-electron chi connectivity index (χ2n) is 6.87. The number of carbonyl (C=O) groups excluding carboxylic acids is 1. The summed E-state index contributed by atoms with van der Waals surface area (Å²) >= 11 is 5.90. The van der Waals surface area contributed by atoms with E-state index in [0.29, 0.717) is 49.0 Å². The molecule has 0 bridgehead atoms. The number of aromatic nitrogens is 3. The summed E-state index contributed by atoms with van der Waals surface area (Å²) in [5.74, 6) is 1.89. The molecule has 3 rings (SSSR count). The molecule has 1 aliphatic heterocycles. The topological polar surface area (TPSA) is 89.5 Å². The number of carbonyl (C=O) groups is 1. The van der Waals surface area contributed by atoms with E-state index in [1.54, 1.807) is 29.2 Å². The van der Waals surface area contributed by atoms with E-state index in [2.05, 4.69) is 49.2 Å². The molecule has 10 heteroatoms. The van der Waals surface area contributed by atoms with E-state index >= 15 is 0 Å². The highest BCUT2D eigenvalue weighted by molar-refractivity contribution is 6.30. The molecule has 2 heterocycles. The first-order chi connectivity index (χ1) is 14.5. The van der Waals surface area contributed by atoms with E-state index in [-0.39, 0.29) is 6.03 Å². The van der Waals surface area contributed by atoms with Gasteiger partial charge in [-0.3, -0.25) is 0 Å². The second-order valence-corrected chi connectivity index (χ2v) is 7.31. The Labute approximate surface area is 182 Å². The van der Waals surface area contributed by atoms with Crippen LogP contribution in [-0.2, 0) is 0 Å². The molecule has 0 unspecified atom stereocenters. The van der Waals surface area contributed by atoms with E-state index in [4.69, 9.17) is 11.6 Å². The van der Waals surface area contributed by atoms with Crippen LogP contribution in [-0.4, -0.2) is 71.7 Å². The van der Waals surface area contributed by atoms with Crippen molar-refractivity contribution in [3.63, 3.8) is 0 Å². The van der Waals surface area contributed by atoms with Crippen molar-refractivity contribution in [3.8, 4) is 0 Å². The second kappa shape index (κ2) is 10.3. The number of hydrogen-bond acceptors (Lipinski definition) is 7. The lowest BCUT2D eigenvalue weighted by molar-refractivity contribution is 0.208. The highest BCUT2D eigenvalue weighted by Crippen LogP contribution is 2.19. The average Bonchev–Trinajstić information content (AvgIpc) is 2.76. The molecule has 2 aromatic rings. The predicted molar refractivity (Wildman–Crippen MR) is 122 cm³/mol. The Morgan fingerprint density at radius 3 is 2.30 bits per heavy atom. The van der Waals surface area contributed by atoms with Crippen molar-refractivity contribution in [1.82, 2.24) is 19.9 Å². The predicted octanol–water partition coefficient (Wildman–Crippen LogP) is 3.16. The minimum atomic E-state index is -0.121. The van der Waals surface area contributed by atoms with Crippen LogP contribution in [0.1, 0.15) is 20.8 Å². The number of benzene rings is 1. The molecule has 2 N–H and O–H groups in total. The van der Waals surface area contributed by atoms with Gasteiger partial charge in [-0.15, -0.1) is 0 Å². The lowest BCUT2D eigenvalue weighted by Crippen LogP contribution is -2.50. The van der Waals surface area contributed by atoms with E-state index in [0.717, 1.165) is 25.3 Å². The molecule has 1 aliphatic rings. The number of hydrogen-bond donors (Lipinski definition) is 2. The van der Waals surface area contributed by atoms with Gasteiger partial charge >= 0.3 is 6.03 Å².